The maximum absolute atomic E-state index is 12.8. The van der Waals surface area contributed by atoms with E-state index in [1.807, 2.05) is 13.0 Å². The summed E-state index contributed by atoms with van der Waals surface area (Å²) >= 11 is 0. The largest absolute Gasteiger partial charge is 0.383 e. The molecular weight excluding hydrogens is 240 g/mol. The van der Waals surface area contributed by atoms with Crippen LogP contribution < -0.4 is 5.73 Å². The molecule has 4 nitrogen and oxygen atoms in total. The van der Waals surface area contributed by atoms with Crippen molar-refractivity contribution in [2.24, 2.45) is 5.92 Å². The standard InChI is InChI=1S/C15H22N2O2/c1-10-4-6-15(19-3,7-5-10)13(18)12-8-11(2)9-17-14(12)16/h8-10H,4-7H2,1-3H3,(H2,16,17). The number of nitrogen functional groups attached to an aromatic ring is 1. The van der Waals surface area contributed by atoms with Gasteiger partial charge in [0, 0.05) is 13.3 Å². The third-order valence-corrected chi connectivity index (χ3v) is 4.19. The van der Waals surface area contributed by atoms with Gasteiger partial charge in [0.25, 0.3) is 0 Å². The number of aromatic nitrogens is 1. The molecule has 0 amide bonds. The summed E-state index contributed by atoms with van der Waals surface area (Å²) in [6.45, 7) is 4.12. The van der Waals surface area contributed by atoms with Crippen molar-refractivity contribution < 1.29 is 9.53 Å². The molecule has 1 heterocycles. The summed E-state index contributed by atoms with van der Waals surface area (Å²) in [5.41, 5.74) is 6.57. The zero-order valence-electron chi connectivity index (χ0n) is 11.9. The number of rotatable bonds is 3. The fourth-order valence-corrected chi connectivity index (χ4v) is 2.76. The molecule has 0 saturated heterocycles. The van der Waals surface area contributed by atoms with Crippen molar-refractivity contribution in [2.75, 3.05) is 12.8 Å². The topological polar surface area (TPSA) is 65.2 Å². The average Bonchev–Trinajstić information content (AvgIpc) is 2.42. The first-order valence-electron chi connectivity index (χ1n) is 6.80. The van der Waals surface area contributed by atoms with Gasteiger partial charge >= 0.3 is 0 Å². The monoisotopic (exact) mass is 262 g/mol. The number of pyridine rings is 1. The Kier molecular flexibility index (Phi) is 3.90. The molecule has 0 radical (unpaired) electrons. The second-order valence-corrected chi connectivity index (χ2v) is 5.66. The predicted octanol–water partition coefficient (Wildman–Crippen LogP) is 2.75. The van der Waals surface area contributed by atoms with E-state index < -0.39 is 5.60 Å². The molecule has 2 rings (SSSR count). The molecule has 1 aromatic rings. The van der Waals surface area contributed by atoms with Crippen LogP contribution in [0.5, 0.6) is 0 Å². The zero-order chi connectivity index (χ0) is 14.0. The molecule has 0 spiro atoms. The molecule has 1 aliphatic carbocycles. The maximum atomic E-state index is 12.8. The Morgan fingerprint density at radius 2 is 2.11 bits per heavy atom. The van der Waals surface area contributed by atoms with Crippen molar-refractivity contribution in [2.45, 2.75) is 45.1 Å². The van der Waals surface area contributed by atoms with E-state index in [2.05, 4.69) is 11.9 Å². The minimum Gasteiger partial charge on any atom is -0.383 e. The Labute approximate surface area is 114 Å². The quantitative estimate of drug-likeness (QED) is 0.851. The second-order valence-electron chi connectivity index (χ2n) is 5.66. The van der Waals surface area contributed by atoms with Crippen molar-refractivity contribution in [1.82, 2.24) is 4.98 Å². The lowest BCUT2D eigenvalue weighted by atomic mass is 9.75. The van der Waals surface area contributed by atoms with E-state index in [1.54, 1.807) is 13.3 Å². The van der Waals surface area contributed by atoms with E-state index in [0.29, 0.717) is 17.3 Å². The Morgan fingerprint density at radius 1 is 1.47 bits per heavy atom. The van der Waals surface area contributed by atoms with Crippen LogP contribution in [0.15, 0.2) is 12.3 Å². The number of ether oxygens (including phenoxy) is 1. The van der Waals surface area contributed by atoms with Gasteiger partial charge in [0.15, 0.2) is 5.78 Å². The van der Waals surface area contributed by atoms with Crippen molar-refractivity contribution in [3.63, 3.8) is 0 Å². The summed E-state index contributed by atoms with van der Waals surface area (Å²) in [6.07, 6.45) is 5.22. The number of hydrogen-bond donors (Lipinski definition) is 1. The highest BCUT2D eigenvalue weighted by Crippen LogP contribution is 2.37. The Balaban J connectivity index is 2.33. The normalized spacial score (nSPS) is 27.2. The fraction of sp³-hybridized carbons (Fsp3) is 0.600. The molecule has 1 aliphatic rings. The van der Waals surface area contributed by atoms with Crippen LogP contribution in [0.25, 0.3) is 0 Å². The van der Waals surface area contributed by atoms with Gasteiger partial charge in [-0.05, 0) is 50.2 Å². The number of hydrogen-bond acceptors (Lipinski definition) is 4. The third-order valence-electron chi connectivity index (χ3n) is 4.19. The lowest BCUT2D eigenvalue weighted by Crippen LogP contribution is -2.44. The van der Waals surface area contributed by atoms with Gasteiger partial charge in [-0.25, -0.2) is 4.98 Å². The van der Waals surface area contributed by atoms with Crippen LogP contribution in [0.2, 0.25) is 0 Å². The lowest BCUT2D eigenvalue weighted by molar-refractivity contribution is -0.0262. The number of anilines is 1. The molecule has 1 fully saturated rings. The number of Topliss-reactive ketones (excluding diaryl/α,β-unsaturated/α-hetero) is 1. The van der Waals surface area contributed by atoms with E-state index >= 15 is 0 Å². The average molecular weight is 262 g/mol. The molecule has 0 unspecified atom stereocenters. The van der Waals surface area contributed by atoms with E-state index in [-0.39, 0.29) is 5.78 Å². The van der Waals surface area contributed by atoms with Gasteiger partial charge in [0.05, 0.1) is 5.56 Å². The van der Waals surface area contributed by atoms with Crippen LogP contribution in [-0.2, 0) is 4.74 Å². The van der Waals surface area contributed by atoms with Crippen LogP contribution in [0.3, 0.4) is 0 Å². The first-order valence-corrected chi connectivity index (χ1v) is 6.80. The molecule has 19 heavy (non-hydrogen) atoms. The van der Waals surface area contributed by atoms with E-state index in [9.17, 15) is 4.79 Å². The number of methoxy groups -OCH3 is 1. The van der Waals surface area contributed by atoms with E-state index in [0.717, 1.165) is 31.2 Å². The number of aryl methyl sites for hydroxylation is 1. The van der Waals surface area contributed by atoms with Crippen LogP contribution >= 0.6 is 0 Å². The number of carbonyl (C=O) groups excluding carboxylic acids is 1. The van der Waals surface area contributed by atoms with Crippen molar-refractivity contribution in [3.8, 4) is 0 Å². The van der Waals surface area contributed by atoms with Crippen molar-refractivity contribution in [1.29, 1.82) is 0 Å². The SMILES string of the molecule is COC1(C(=O)c2cc(C)cnc2N)CCC(C)CC1. The molecule has 0 aromatic carbocycles. The van der Waals surface area contributed by atoms with E-state index in [4.69, 9.17) is 10.5 Å². The molecule has 0 bridgehead atoms. The van der Waals surface area contributed by atoms with Crippen LogP contribution in [-0.4, -0.2) is 23.5 Å². The lowest BCUT2D eigenvalue weighted by Gasteiger charge is -2.37. The second kappa shape index (κ2) is 5.29. The summed E-state index contributed by atoms with van der Waals surface area (Å²) < 4.78 is 5.61. The minimum absolute atomic E-state index is 0.0180. The van der Waals surface area contributed by atoms with Crippen LogP contribution in [0.1, 0.15) is 48.5 Å². The maximum Gasteiger partial charge on any atom is 0.198 e. The van der Waals surface area contributed by atoms with Crippen molar-refractivity contribution >= 4 is 11.6 Å². The first kappa shape index (κ1) is 14.0. The zero-order valence-corrected chi connectivity index (χ0v) is 11.9. The molecule has 1 aromatic heterocycles. The molecule has 1 saturated carbocycles. The Morgan fingerprint density at radius 3 is 2.68 bits per heavy atom. The smallest absolute Gasteiger partial charge is 0.198 e. The third kappa shape index (κ3) is 2.63. The molecule has 104 valence electrons. The first-order chi connectivity index (χ1) is 8.98. The molecular formula is C15H22N2O2. The van der Waals surface area contributed by atoms with Gasteiger partial charge in [-0.1, -0.05) is 6.92 Å². The van der Waals surface area contributed by atoms with Gasteiger partial charge < -0.3 is 10.5 Å². The molecule has 4 heteroatoms. The van der Waals surface area contributed by atoms with E-state index in [1.165, 1.54) is 0 Å². The number of nitrogens with zero attached hydrogens (tertiary/aromatic N) is 1. The van der Waals surface area contributed by atoms with Gasteiger partial charge in [0.1, 0.15) is 11.4 Å². The number of nitrogens with two attached hydrogens (primary N) is 1. The molecule has 0 aliphatic heterocycles. The Bertz CT molecular complexity index is 477. The summed E-state index contributed by atoms with van der Waals surface area (Å²) in [5, 5.41) is 0. The summed E-state index contributed by atoms with van der Waals surface area (Å²) in [6, 6.07) is 1.81. The summed E-state index contributed by atoms with van der Waals surface area (Å²) in [5.74, 6) is 0.935. The van der Waals surface area contributed by atoms with Gasteiger partial charge in [0.2, 0.25) is 0 Å². The van der Waals surface area contributed by atoms with Gasteiger partial charge in [-0.15, -0.1) is 0 Å². The highest BCUT2D eigenvalue weighted by molar-refractivity contribution is 6.05. The van der Waals surface area contributed by atoms with Crippen LogP contribution in [0.4, 0.5) is 5.82 Å². The summed E-state index contributed by atoms with van der Waals surface area (Å²) in [7, 11) is 1.62. The highest BCUT2D eigenvalue weighted by Gasteiger charge is 2.42. The minimum atomic E-state index is -0.712. The highest BCUT2D eigenvalue weighted by atomic mass is 16.5. The summed E-state index contributed by atoms with van der Waals surface area (Å²) in [4.78, 5) is 16.9. The molecule has 2 N–H and O–H groups in total. The predicted molar refractivity (Wildman–Crippen MR) is 75.1 cm³/mol. The van der Waals surface area contributed by atoms with Gasteiger partial charge in [-0.2, -0.15) is 0 Å². The van der Waals surface area contributed by atoms with Crippen molar-refractivity contribution in [3.05, 3.63) is 23.4 Å². The Hall–Kier alpha value is -1.42. The number of carbonyl (C=O) groups is 1. The molecule has 0 atom stereocenters. The van der Waals surface area contributed by atoms with Gasteiger partial charge in [-0.3, -0.25) is 4.79 Å². The fourth-order valence-electron chi connectivity index (χ4n) is 2.76. The van der Waals surface area contributed by atoms with Crippen LogP contribution in [0, 0.1) is 12.8 Å². The number of ketones is 1.